The summed E-state index contributed by atoms with van der Waals surface area (Å²) in [6.45, 7) is 2.49. The van der Waals surface area contributed by atoms with Gasteiger partial charge in [0.05, 0.1) is 6.54 Å². The van der Waals surface area contributed by atoms with Crippen LogP contribution in [-0.4, -0.2) is 13.1 Å². The molecule has 12 heavy (non-hydrogen) atoms. The summed E-state index contributed by atoms with van der Waals surface area (Å²) >= 11 is 2.15. The Bertz CT molecular complexity index is 225. The average molecular weight is 280 g/mol. The van der Waals surface area contributed by atoms with Crippen LogP contribution in [0.25, 0.3) is 0 Å². The first kappa shape index (κ1) is 10.0. The molecular formula is C8H13IN2O. The van der Waals surface area contributed by atoms with E-state index in [1.165, 1.54) is 0 Å². The van der Waals surface area contributed by atoms with Crippen molar-refractivity contribution in [3.63, 3.8) is 0 Å². The van der Waals surface area contributed by atoms with E-state index in [4.69, 9.17) is 10.2 Å². The summed E-state index contributed by atoms with van der Waals surface area (Å²) in [4.78, 5) is 0. The second kappa shape index (κ2) is 5.55. The molecule has 0 fully saturated rings. The van der Waals surface area contributed by atoms with Crippen molar-refractivity contribution in [2.45, 2.75) is 13.0 Å². The fourth-order valence-electron chi connectivity index (χ4n) is 0.885. The summed E-state index contributed by atoms with van der Waals surface area (Å²) in [5.74, 6) is 0.983. The molecule has 0 amide bonds. The Morgan fingerprint density at radius 3 is 2.92 bits per heavy atom. The van der Waals surface area contributed by atoms with Gasteiger partial charge < -0.3 is 15.5 Å². The SMILES string of the molecule is NCCCNCc1ccc(I)o1. The van der Waals surface area contributed by atoms with Gasteiger partial charge in [-0.2, -0.15) is 0 Å². The number of hydrogen-bond donors (Lipinski definition) is 2. The van der Waals surface area contributed by atoms with Crippen LogP contribution < -0.4 is 11.1 Å². The highest BCUT2D eigenvalue weighted by Crippen LogP contribution is 2.09. The third kappa shape index (κ3) is 3.55. The Labute approximate surface area is 85.8 Å². The molecule has 3 nitrogen and oxygen atoms in total. The number of nitrogens with one attached hydrogen (secondary N) is 1. The first-order valence-electron chi connectivity index (χ1n) is 3.98. The fourth-order valence-corrected chi connectivity index (χ4v) is 1.35. The van der Waals surface area contributed by atoms with Crippen molar-refractivity contribution in [1.82, 2.24) is 5.32 Å². The van der Waals surface area contributed by atoms with Gasteiger partial charge in [-0.15, -0.1) is 0 Å². The van der Waals surface area contributed by atoms with E-state index < -0.39 is 0 Å². The summed E-state index contributed by atoms with van der Waals surface area (Å²) in [6, 6.07) is 3.94. The highest BCUT2D eigenvalue weighted by Gasteiger charge is 1.97. The van der Waals surface area contributed by atoms with E-state index in [0.717, 1.165) is 35.6 Å². The number of hydrogen-bond acceptors (Lipinski definition) is 3. The Kier molecular flexibility index (Phi) is 4.63. The molecule has 4 heteroatoms. The van der Waals surface area contributed by atoms with Gasteiger partial charge >= 0.3 is 0 Å². The Balaban J connectivity index is 2.15. The fraction of sp³-hybridized carbons (Fsp3) is 0.500. The molecule has 0 aliphatic heterocycles. The zero-order valence-electron chi connectivity index (χ0n) is 6.85. The second-order valence-electron chi connectivity index (χ2n) is 2.52. The molecule has 0 aliphatic rings. The Hall–Kier alpha value is -0.0700. The van der Waals surface area contributed by atoms with Gasteiger partial charge in [0.15, 0.2) is 3.77 Å². The molecular weight excluding hydrogens is 267 g/mol. The molecule has 1 rings (SSSR count). The Morgan fingerprint density at radius 2 is 2.33 bits per heavy atom. The van der Waals surface area contributed by atoms with Crippen molar-refractivity contribution in [2.75, 3.05) is 13.1 Å². The summed E-state index contributed by atoms with van der Waals surface area (Å²) in [7, 11) is 0. The van der Waals surface area contributed by atoms with E-state index in [1.54, 1.807) is 0 Å². The van der Waals surface area contributed by atoms with Crippen LogP contribution in [0.3, 0.4) is 0 Å². The minimum Gasteiger partial charge on any atom is -0.454 e. The lowest BCUT2D eigenvalue weighted by Gasteiger charge is -1.99. The van der Waals surface area contributed by atoms with Gasteiger partial charge in [0.2, 0.25) is 0 Å². The monoisotopic (exact) mass is 280 g/mol. The van der Waals surface area contributed by atoms with E-state index in [0.29, 0.717) is 0 Å². The zero-order valence-corrected chi connectivity index (χ0v) is 9.00. The number of nitrogens with two attached hydrogens (primary N) is 1. The van der Waals surface area contributed by atoms with Gasteiger partial charge in [-0.25, -0.2) is 0 Å². The van der Waals surface area contributed by atoms with E-state index in [1.807, 2.05) is 12.1 Å². The lowest BCUT2D eigenvalue weighted by atomic mass is 10.4. The first-order valence-corrected chi connectivity index (χ1v) is 5.06. The lowest BCUT2D eigenvalue weighted by molar-refractivity contribution is 0.462. The lowest BCUT2D eigenvalue weighted by Crippen LogP contribution is -2.17. The maximum absolute atomic E-state index is 5.36. The van der Waals surface area contributed by atoms with Crippen molar-refractivity contribution < 1.29 is 4.42 Å². The van der Waals surface area contributed by atoms with Crippen LogP contribution in [0.2, 0.25) is 0 Å². The number of halogens is 1. The van der Waals surface area contributed by atoms with Gasteiger partial charge in [0.1, 0.15) is 5.76 Å². The molecule has 1 aromatic rings. The third-order valence-corrected chi connectivity index (χ3v) is 2.07. The highest BCUT2D eigenvalue weighted by atomic mass is 127. The van der Waals surface area contributed by atoms with Crippen molar-refractivity contribution >= 4 is 22.6 Å². The van der Waals surface area contributed by atoms with Gasteiger partial charge in [-0.1, -0.05) is 0 Å². The maximum atomic E-state index is 5.36. The van der Waals surface area contributed by atoms with Crippen LogP contribution in [0.5, 0.6) is 0 Å². The molecule has 0 unspecified atom stereocenters. The smallest absolute Gasteiger partial charge is 0.164 e. The van der Waals surface area contributed by atoms with E-state index in [-0.39, 0.29) is 0 Å². The van der Waals surface area contributed by atoms with Gasteiger partial charge in [0.25, 0.3) is 0 Å². The molecule has 1 aromatic heterocycles. The normalized spacial score (nSPS) is 10.5. The summed E-state index contributed by atoms with van der Waals surface area (Å²) in [6.07, 6.45) is 1.01. The molecule has 0 radical (unpaired) electrons. The largest absolute Gasteiger partial charge is 0.454 e. The van der Waals surface area contributed by atoms with Crippen molar-refractivity contribution in [2.24, 2.45) is 5.73 Å². The molecule has 3 N–H and O–H groups in total. The van der Waals surface area contributed by atoms with Crippen LogP contribution in [-0.2, 0) is 6.54 Å². The second-order valence-corrected chi connectivity index (χ2v) is 3.59. The third-order valence-electron chi connectivity index (χ3n) is 1.49. The van der Waals surface area contributed by atoms with Crippen LogP contribution in [0.1, 0.15) is 12.2 Å². The van der Waals surface area contributed by atoms with Crippen LogP contribution >= 0.6 is 22.6 Å². The van der Waals surface area contributed by atoms with Gasteiger partial charge in [0, 0.05) is 0 Å². The summed E-state index contributed by atoms with van der Waals surface area (Å²) < 4.78 is 6.29. The molecule has 0 bridgehead atoms. The molecule has 0 aromatic carbocycles. The van der Waals surface area contributed by atoms with Gasteiger partial charge in [-0.3, -0.25) is 0 Å². The predicted molar refractivity (Wildman–Crippen MR) is 56.8 cm³/mol. The molecule has 0 spiro atoms. The highest BCUT2D eigenvalue weighted by molar-refractivity contribution is 14.1. The van der Waals surface area contributed by atoms with Crippen LogP contribution in [0.4, 0.5) is 0 Å². The van der Waals surface area contributed by atoms with Gasteiger partial charge in [-0.05, 0) is 54.2 Å². The number of rotatable bonds is 5. The summed E-state index contributed by atoms with van der Waals surface area (Å²) in [5.41, 5.74) is 5.35. The van der Waals surface area contributed by atoms with Crippen molar-refractivity contribution in [1.29, 1.82) is 0 Å². The van der Waals surface area contributed by atoms with E-state index in [2.05, 4.69) is 27.9 Å². The van der Waals surface area contributed by atoms with Crippen molar-refractivity contribution in [3.8, 4) is 0 Å². The molecule has 0 aliphatic carbocycles. The van der Waals surface area contributed by atoms with Crippen molar-refractivity contribution in [3.05, 3.63) is 21.7 Å². The Morgan fingerprint density at radius 1 is 1.50 bits per heavy atom. The van der Waals surface area contributed by atoms with E-state index >= 15 is 0 Å². The molecule has 0 saturated carbocycles. The standard InChI is InChI=1S/C8H13IN2O/c9-8-3-2-7(12-8)6-11-5-1-4-10/h2-3,11H,1,4-6,10H2. The maximum Gasteiger partial charge on any atom is 0.164 e. The predicted octanol–water partition coefficient (Wildman–Crippen LogP) is 1.32. The number of furan rings is 1. The topological polar surface area (TPSA) is 51.2 Å². The van der Waals surface area contributed by atoms with Crippen LogP contribution in [0.15, 0.2) is 16.5 Å². The molecule has 0 saturated heterocycles. The molecule has 0 atom stereocenters. The minimum absolute atomic E-state index is 0.739. The molecule has 68 valence electrons. The first-order chi connectivity index (χ1) is 5.83. The quantitative estimate of drug-likeness (QED) is 0.632. The summed E-state index contributed by atoms with van der Waals surface area (Å²) in [5, 5.41) is 3.24. The average Bonchev–Trinajstić information content (AvgIpc) is 2.45. The zero-order chi connectivity index (χ0) is 8.81. The van der Waals surface area contributed by atoms with E-state index in [9.17, 15) is 0 Å². The van der Waals surface area contributed by atoms with Crippen LogP contribution in [0, 0.1) is 3.77 Å². The molecule has 1 heterocycles. The minimum atomic E-state index is 0.739.